The van der Waals surface area contributed by atoms with Gasteiger partial charge in [0, 0.05) is 32.7 Å². The number of piperazine rings is 1. The standard InChI is InChI=1S/C14H20N6/c1-18-13-12(8-17-18)14(16-10-15-13)20-7-6-19-5-3-2-4-11(19)9-20/h8,10-11H,2-7,9H2,1H3/t11-/m0/s1. The molecule has 20 heavy (non-hydrogen) atoms. The number of hydrogen-bond acceptors (Lipinski definition) is 5. The van der Waals surface area contributed by atoms with Gasteiger partial charge >= 0.3 is 0 Å². The van der Waals surface area contributed by atoms with E-state index in [9.17, 15) is 0 Å². The summed E-state index contributed by atoms with van der Waals surface area (Å²) in [4.78, 5) is 13.9. The Bertz CT molecular complexity index is 621. The molecule has 4 heterocycles. The first kappa shape index (κ1) is 12.1. The number of hydrogen-bond donors (Lipinski definition) is 0. The minimum Gasteiger partial charge on any atom is -0.353 e. The molecule has 2 fully saturated rings. The number of aryl methyl sites for hydroxylation is 1. The first-order valence-electron chi connectivity index (χ1n) is 7.44. The van der Waals surface area contributed by atoms with Crippen LogP contribution in [0.4, 0.5) is 5.82 Å². The van der Waals surface area contributed by atoms with E-state index in [2.05, 4.69) is 24.9 Å². The second-order valence-corrected chi connectivity index (χ2v) is 5.83. The molecule has 0 aliphatic carbocycles. The summed E-state index contributed by atoms with van der Waals surface area (Å²) >= 11 is 0. The highest BCUT2D eigenvalue weighted by Gasteiger charge is 2.30. The first-order chi connectivity index (χ1) is 9.83. The number of nitrogens with zero attached hydrogens (tertiary/aromatic N) is 6. The number of rotatable bonds is 1. The molecule has 2 saturated heterocycles. The van der Waals surface area contributed by atoms with Gasteiger partial charge in [0.25, 0.3) is 0 Å². The Morgan fingerprint density at radius 2 is 2.10 bits per heavy atom. The van der Waals surface area contributed by atoms with Crippen LogP contribution in [0.3, 0.4) is 0 Å². The molecule has 4 rings (SSSR count). The molecule has 2 aliphatic rings. The molecule has 2 aliphatic heterocycles. The molecular weight excluding hydrogens is 252 g/mol. The van der Waals surface area contributed by atoms with Crippen molar-refractivity contribution in [1.82, 2.24) is 24.6 Å². The van der Waals surface area contributed by atoms with E-state index < -0.39 is 0 Å². The average molecular weight is 272 g/mol. The van der Waals surface area contributed by atoms with Crippen LogP contribution in [0.5, 0.6) is 0 Å². The van der Waals surface area contributed by atoms with E-state index in [-0.39, 0.29) is 0 Å². The summed E-state index contributed by atoms with van der Waals surface area (Å²) in [5, 5.41) is 5.38. The van der Waals surface area contributed by atoms with Gasteiger partial charge in [-0.3, -0.25) is 9.58 Å². The molecule has 2 aromatic heterocycles. The smallest absolute Gasteiger partial charge is 0.163 e. The molecule has 1 atom stereocenters. The lowest BCUT2D eigenvalue weighted by Gasteiger charge is -2.44. The molecule has 0 bridgehead atoms. The third-order valence-corrected chi connectivity index (χ3v) is 4.65. The number of aromatic nitrogens is 4. The molecular formula is C14H20N6. The van der Waals surface area contributed by atoms with Crippen LogP contribution in [0, 0.1) is 0 Å². The normalized spacial score (nSPS) is 24.1. The summed E-state index contributed by atoms with van der Waals surface area (Å²) in [6.07, 6.45) is 7.58. The van der Waals surface area contributed by atoms with Crippen LogP contribution in [-0.4, -0.2) is 56.9 Å². The van der Waals surface area contributed by atoms with E-state index in [1.807, 2.05) is 17.9 Å². The van der Waals surface area contributed by atoms with Gasteiger partial charge in [-0.2, -0.15) is 5.10 Å². The molecule has 106 valence electrons. The molecule has 0 radical (unpaired) electrons. The van der Waals surface area contributed by atoms with Crippen LogP contribution in [0.25, 0.3) is 11.0 Å². The minimum absolute atomic E-state index is 0.694. The number of anilines is 1. The summed E-state index contributed by atoms with van der Waals surface area (Å²) in [5.74, 6) is 1.05. The Balaban J connectivity index is 1.66. The van der Waals surface area contributed by atoms with E-state index in [0.29, 0.717) is 6.04 Å². The Labute approximate surface area is 118 Å². The number of fused-ring (bicyclic) bond motifs is 2. The highest BCUT2D eigenvalue weighted by atomic mass is 15.3. The van der Waals surface area contributed by atoms with Crippen molar-refractivity contribution in [2.24, 2.45) is 7.05 Å². The van der Waals surface area contributed by atoms with Crippen LogP contribution in [0.1, 0.15) is 19.3 Å². The Morgan fingerprint density at radius 3 is 3.05 bits per heavy atom. The van der Waals surface area contributed by atoms with Gasteiger partial charge in [0.15, 0.2) is 5.65 Å². The fourth-order valence-corrected chi connectivity index (χ4v) is 3.55. The highest BCUT2D eigenvalue weighted by Crippen LogP contribution is 2.27. The van der Waals surface area contributed by atoms with Crippen molar-refractivity contribution in [3.63, 3.8) is 0 Å². The van der Waals surface area contributed by atoms with Gasteiger partial charge in [-0.1, -0.05) is 6.42 Å². The van der Waals surface area contributed by atoms with E-state index >= 15 is 0 Å². The van der Waals surface area contributed by atoms with Crippen molar-refractivity contribution in [1.29, 1.82) is 0 Å². The van der Waals surface area contributed by atoms with Crippen LogP contribution >= 0.6 is 0 Å². The van der Waals surface area contributed by atoms with Crippen molar-refractivity contribution in [2.45, 2.75) is 25.3 Å². The van der Waals surface area contributed by atoms with Gasteiger partial charge in [-0.05, 0) is 19.4 Å². The molecule has 0 amide bonds. The van der Waals surface area contributed by atoms with Gasteiger partial charge in [0.1, 0.15) is 12.1 Å². The van der Waals surface area contributed by atoms with Gasteiger partial charge in [0.2, 0.25) is 0 Å². The van der Waals surface area contributed by atoms with Crippen LogP contribution < -0.4 is 4.90 Å². The Kier molecular flexibility index (Phi) is 2.84. The minimum atomic E-state index is 0.694. The first-order valence-corrected chi connectivity index (χ1v) is 7.44. The quantitative estimate of drug-likeness (QED) is 0.776. The summed E-state index contributed by atoms with van der Waals surface area (Å²) in [6.45, 7) is 4.56. The van der Waals surface area contributed by atoms with Crippen molar-refractivity contribution >= 4 is 16.9 Å². The van der Waals surface area contributed by atoms with Crippen molar-refractivity contribution in [3.8, 4) is 0 Å². The Hall–Kier alpha value is -1.69. The highest BCUT2D eigenvalue weighted by molar-refractivity contribution is 5.86. The fourth-order valence-electron chi connectivity index (χ4n) is 3.55. The Morgan fingerprint density at radius 1 is 1.15 bits per heavy atom. The molecule has 0 spiro atoms. The molecule has 2 aromatic rings. The predicted molar refractivity (Wildman–Crippen MR) is 77.7 cm³/mol. The monoisotopic (exact) mass is 272 g/mol. The van der Waals surface area contributed by atoms with Crippen LogP contribution in [0.2, 0.25) is 0 Å². The summed E-state index contributed by atoms with van der Waals surface area (Å²) < 4.78 is 1.82. The summed E-state index contributed by atoms with van der Waals surface area (Å²) in [7, 11) is 1.93. The second kappa shape index (κ2) is 4.70. The predicted octanol–water partition coefficient (Wildman–Crippen LogP) is 1.04. The van der Waals surface area contributed by atoms with E-state index in [4.69, 9.17) is 0 Å². The lowest BCUT2D eigenvalue weighted by atomic mass is 9.99. The zero-order valence-corrected chi connectivity index (χ0v) is 11.9. The maximum atomic E-state index is 4.52. The molecule has 0 N–H and O–H groups in total. The largest absolute Gasteiger partial charge is 0.353 e. The third kappa shape index (κ3) is 1.86. The lowest BCUT2D eigenvalue weighted by Crippen LogP contribution is -2.55. The lowest BCUT2D eigenvalue weighted by molar-refractivity contribution is 0.133. The van der Waals surface area contributed by atoms with Gasteiger partial charge < -0.3 is 4.90 Å². The number of piperidine rings is 1. The molecule has 6 nitrogen and oxygen atoms in total. The van der Waals surface area contributed by atoms with Gasteiger partial charge in [0.05, 0.1) is 11.6 Å². The van der Waals surface area contributed by atoms with E-state index in [0.717, 1.165) is 36.5 Å². The van der Waals surface area contributed by atoms with Crippen LogP contribution in [0.15, 0.2) is 12.5 Å². The third-order valence-electron chi connectivity index (χ3n) is 4.65. The topological polar surface area (TPSA) is 50.1 Å². The zero-order chi connectivity index (χ0) is 13.5. The fraction of sp³-hybridized carbons (Fsp3) is 0.643. The van der Waals surface area contributed by atoms with E-state index in [1.54, 1.807) is 6.33 Å². The summed E-state index contributed by atoms with van der Waals surface area (Å²) in [6, 6.07) is 0.694. The second-order valence-electron chi connectivity index (χ2n) is 5.83. The van der Waals surface area contributed by atoms with Crippen molar-refractivity contribution in [2.75, 3.05) is 31.1 Å². The van der Waals surface area contributed by atoms with Gasteiger partial charge in [-0.25, -0.2) is 9.97 Å². The molecule has 0 aromatic carbocycles. The van der Waals surface area contributed by atoms with Gasteiger partial charge in [-0.15, -0.1) is 0 Å². The maximum absolute atomic E-state index is 4.52. The van der Waals surface area contributed by atoms with Crippen molar-refractivity contribution in [3.05, 3.63) is 12.5 Å². The maximum Gasteiger partial charge on any atom is 0.163 e. The zero-order valence-electron chi connectivity index (χ0n) is 11.9. The van der Waals surface area contributed by atoms with Crippen molar-refractivity contribution < 1.29 is 0 Å². The summed E-state index contributed by atoms with van der Waals surface area (Å²) in [5.41, 5.74) is 0.918. The average Bonchev–Trinajstić information content (AvgIpc) is 2.88. The van der Waals surface area contributed by atoms with E-state index in [1.165, 1.54) is 25.8 Å². The molecule has 0 unspecified atom stereocenters. The molecule has 0 saturated carbocycles. The SMILES string of the molecule is Cn1ncc2c(N3CCN4CCCC[C@H]4C3)ncnc21. The van der Waals surface area contributed by atoms with Crippen LogP contribution in [-0.2, 0) is 7.05 Å². The molecule has 6 heteroatoms.